The molecule has 1 aliphatic rings. The molecule has 0 fully saturated rings. The van der Waals surface area contributed by atoms with Crippen molar-refractivity contribution in [2.75, 3.05) is 0 Å². The van der Waals surface area contributed by atoms with Crippen LogP contribution in [0.2, 0.25) is 0 Å². The number of hydrogen-bond donors (Lipinski definition) is 0. The number of allylic oxidation sites excluding steroid dienone is 1. The van der Waals surface area contributed by atoms with E-state index in [0.717, 1.165) is 11.1 Å². The van der Waals surface area contributed by atoms with Crippen LogP contribution in [0.1, 0.15) is 30.9 Å². The highest BCUT2D eigenvalue weighted by Crippen LogP contribution is 2.51. The summed E-state index contributed by atoms with van der Waals surface area (Å²) in [5.41, 5.74) is 4.10. The average molecular weight is 262 g/mol. The van der Waals surface area contributed by atoms with Gasteiger partial charge in [-0.05, 0) is 28.7 Å². The first kappa shape index (κ1) is 12.9. The van der Waals surface area contributed by atoms with Gasteiger partial charge in [0.05, 0.1) is 5.41 Å². The fourth-order valence-corrected chi connectivity index (χ4v) is 3.48. The van der Waals surface area contributed by atoms with E-state index in [4.69, 9.17) is 0 Å². The molecule has 1 aliphatic carbocycles. The summed E-state index contributed by atoms with van der Waals surface area (Å²) >= 11 is 0. The Morgan fingerprint density at radius 3 is 2.00 bits per heavy atom. The van der Waals surface area contributed by atoms with E-state index in [2.05, 4.69) is 30.8 Å². The smallest absolute Gasteiger partial charge is 0.147 e. The third-order valence-corrected chi connectivity index (χ3v) is 4.31. The molecule has 0 bridgehead atoms. The van der Waals surface area contributed by atoms with E-state index >= 15 is 0 Å². The molecule has 2 aromatic carbocycles. The largest absolute Gasteiger partial charge is 0.298 e. The Labute approximate surface area is 120 Å². The van der Waals surface area contributed by atoms with Gasteiger partial charge in [0, 0.05) is 6.42 Å². The minimum Gasteiger partial charge on any atom is -0.298 e. The lowest BCUT2D eigenvalue weighted by atomic mass is 9.71. The number of Topliss-reactive ketones (excluding diaryl/α,β-unsaturated/α-hetero) is 1. The van der Waals surface area contributed by atoms with Crippen LogP contribution in [0.4, 0.5) is 0 Å². The number of hydrogen-bond acceptors (Lipinski definition) is 1. The monoisotopic (exact) mass is 262 g/mol. The Morgan fingerprint density at radius 2 is 1.55 bits per heavy atom. The third-order valence-electron chi connectivity index (χ3n) is 4.31. The van der Waals surface area contributed by atoms with Gasteiger partial charge in [-0.2, -0.15) is 0 Å². The van der Waals surface area contributed by atoms with E-state index in [1.807, 2.05) is 37.3 Å². The zero-order valence-corrected chi connectivity index (χ0v) is 11.7. The van der Waals surface area contributed by atoms with E-state index in [1.54, 1.807) is 0 Å². The number of benzene rings is 2. The first-order valence-corrected chi connectivity index (χ1v) is 7.09. The normalized spacial score (nSPS) is 14.4. The molecule has 100 valence electrons. The number of carbonyl (C=O) groups excluding carboxylic acids is 1. The molecule has 0 aliphatic heterocycles. The zero-order valence-electron chi connectivity index (χ0n) is 11.7. The third kappa shape index (κ3) is 1.53. The molecule has 0 radical (unpaired) electrons. The summed E-state index contributed by atoms with van der Waals surface area (Å²) < 4.78 is 0. The van der Waals surface area contributed by atoms with Gasteiger partial charge >= 0.3 is 0 Å². The predicted molar refractivity (Wildman–Crippen MR) is 82.8 cm³/mol. The molecular formula is C19H18O. The van der Waals surface area contributed by atoms with Crippen LogP contribution in [0.3, 0.4) is 0 Å². The lowest BCUT2D eigenvalue weighted by Crippen LogP contribution is -2.34. The molecule has 0 aromatic heterocycles. The predicted octanol–water partition coefficient (Wildman–Crippen LogP) is 4.51. The van der Waals surface area contributed by atoms with Crippen LogP contribution in [-0.2, 0) is 10.2 Å². The summed E-state index contributed by atoms with van der Waals surface area (Å²) in [5, 5.41) is 0. The molecule has 1 heteroatoms. The van der Waals surface area contributed by atoms with Gasteiger partial charge in [0.1, 0.15) is 5.78 Å². The molecule has 2 aromatic rings. The lowest BCUT2D eigenvalue weighted by molar-refractivity contribution is -0.122. The molecule has 20 heavy (non-hydrogen) atoms. The molecule has 0 saturated heterocycles. The summed E-state index contributed by atoms with van der Waals surface area (Å²) in [4.78, 5) is 12.8. The number of fused-ring (bicyclic) bond motifs is 3. The van der Waals surface area contributed by atoms with Gasteiger partial charge in [-0.15, -0.1) is 6.58 Å². The van der Waals surface area contributed by atoms with E-state index in [-0.39, 0.29) is 5.78 Å². The van der Waals surface area contributed by atoms with Gasteiger partial charge in [-0.3, -0.25) is 4.79 Å². The summed E-state index contributed by atoms with van der Waals surface area (Å²) in [6.07, 6.45) is 3.07. The van der Waals surface area contributed by atoms with Crippen molar-refractivity contribution in [2.24, 2.45) is 0 Å². The second kappa shape index (κ2) is 4.75. The SMILES string of the molecule is C=CCC1(C(=O)CC)c2ccccc2-c2ccccc21. The molecule has 0 unspecified atom stereocenters. The van der Waals surface area contributed by atoms with Crippen molar-refractivity contribution < 1.29 is 4.79 Å². The number of carbonyl (C=O) groups is 1. The summed E-state index contributed by atoms with van der Waals surface area (Å²) in [6.45, 7) is 5.82. The van der Waals surface area contributed by atoms with Crippen molar-refractivity contribution in [1.82, 2.24) is 0 Å². The lowest BCUT2D eigenvalue weighted by Gasteiger charge is -2.29. The maximum atomic E-state index is 12.8. The number of ketones is 1. The Kier molecular flexibility index (Phi) is 3.06. The van der Waals surface area contributed by atoms with Crippen LogP contribution < -0.4 is 0 Å². The topological polar surface area (TPSA) is 17.1 Å². The van der Waals surface area contributed by atoms with E-state index in [0.29, 0.717) is 12.8 Å². The van der Waals surface area contributed by atoms with Crippen LogP contribution in [-0.4, -0.2) is 5.78 Å². The summed E-state index contributed by atoms with van der Waals surface area (Å²) in [5.74, 6) is 0.273. The summed E-state index contributed by atoms with van der Waals surface area (Å²) in [6, 6.07) is 16.5. The molecule has 3 rings (SSSR count). The van der Waals surface area contributed by atoms with E-state index in [1.165, 1.54) is 11.1 Å². The Balaban J connectivity index is 2.39. The maximum absolute atomic E-state index is 12.8. The van der Waals surface area contributed by atoms with Crippen molar-refractivity contribution in [1.29, 1.82) is 0 Å². The van der Waals surface area contributed by atoms with Gasteiger partial charge < -0.3 is 0 Å². The van der Waals surface area contributed by atoms with Crippen LogP contribution in [0, 0.1) is 0 Å². The van der Waals surface area contributed by atoms with E-state index < -0.39 is 5.41 Å². The molecule has 0 spiro atoms. The van der Waals surface area contributed by atoms with Gasteiger partial charge in [0.2, 0.25) is 0 Å². The molecular weight excluding hydrogens is 244 g/mol. The van der Waals surface area contributed by atoms with Gasteiger partial charge in [0.15, 0.2) is 0 Å². The first-order chi connectivity index (χ1) is 9.75. The standard InChI is InChI=1S/C19H18O/c1-3-13-19(18(20)4-2)16-11-7-5-9-14(16)15-10-6-8-12-17(15)19/h3,5-12H,1,4,13H2,2H3. The molecule has 0 heterocycles. The Bertz CT molecular complexity index is 636. The molecule has 0 atom stereocenters. The van der Waals surface area contributed by atoms with Gasteiger partial charge in [-0.25, -0.2) is 0 Å². The molecule has 0 amide bonds. The van der Waals surface area contributed by atoms with Gasteiger partial charge in [-0.1, -0.05) is 61.5 Å². The number of rotatable bonds is 4. The average Bonchev–Trinajstić information content (AvgIpc) is 2.79. The van der Waals surface area contributed by atoms with Gasteiger partial charge in [0.25, 0.3) is 0 Å². The molecule has 0 saturated carbocycles. The highest BCUT2D eigenvalue weighted by Gasteiger charge is 2.46. The van der Waals surface area contributed by atoms with Crippen molar-refractivity contribution in [3.05, 3.63) is 72.3 Å². The van der Waals surface area contributed by atoms with Crippen LogP contribution >= 0.6 is 0 Å². The summed E-state index contributed by atoms with van der Waals surface area (Å²) in [7, 11) is 0. The fourth-order valence-electron chi connectivity index (χ4n) is 3.48. The minimum absolute atomic E-state index is 0.273. The highest BCUT2D eigenvalue weighted by molar-refractivity contribution is 6.01. The Hall–Kier alpha value is -2.15. The van der Waals surface area contributed by atoms with Crippen molar-refractivity contribution in [2.45, 2.75) is 25.2 Å². The maximum Gasteiger partial charge on any atom is 0.147 e. The first-order valence-electron chi connectivity index (χ1n) is 7.09. The van der Waals surface area contributed by atoms with Crippen LogP contribution in [0.15, 0.2) is 61.2 Å². The van der Waals surface area contributed by atoms with E-state index in [9.17, 15) is 4.79 Å². The minimum atomic E-state index is -0.538. The van der Waals surface area contributed by atoms with Crippen molar-refractivity contribution >= 4 is 5.78 Å². The zero-order chi connectivity index (χ0) is 14.2. The quantitative estimate of drug-likeness (QED) is 0.741. The van der Waals surface area contributed by atoms with Crippen molar-refractivity contribution in [3.63, 3.8) is 0 Å². The van der Waals surface area contributed by atoms with Crippen molar-refractivity contribution in [3.8, 4) is 11.1 Å². The highest BCUT2D eigenvalue weighted by atomic mass is 16.1. The molecule has 0 N–H and O–H groups in total. The molecule has 1 nitrogen and oxygen atoms in total. The van der Waals surface area contributed by atoms with Crippen LogP contribution in [0.25, 0.3) is 11.1 Å². The Morgan fingerprint density at radius 1 is 1.05 bits per heavy atom. The second-order valence-electron chi connectivity index (χ2n) is 5.27. The fraction of sp³-hybridized carbons (Fsp3) is 0.211. The van der Waals surface area contributed by atoms with Crippen LogP contribution in [0.5, 0.6) is 0 Å². The second-order valence-corrected chi connectivity index (χ2v) is 5.27.